The zero-order valence-electron chi connectivity index (χ0n) is 13.5. The van der Waals surface area contributed by atoms with Crippen LogP contribution in [0.4, 0.5) is 5.69 Å². The molecule has 3 aromatic rings. The Morgan fingerprint density at radius 2 is 1.48 bits per heavy atom. The Morgan fingerprint density at radius 1 is 0.783 bits per heavy atom. The van der Waals surface area contributed by atoms with Crippen molar-refractivity contribution in [2.24, 2.45) is 0 Å². The molecular weight excluding hydrogens is 282 g/mol. The largest absolute Gasteiger partial charge is 0.497 e. The number of hydrogen-bond acceptors (Lipinski definition) is 2. The first-order valence-electron chi connectivity index (χ1n) is 7.82. The molecule has 0 saturated carbocycles. The smallest absolute Gasteiger partial charge is 0.120 e. The van der Waals surface area contributed by atoms with Gasteiger partial charge in [0.1, 0.15) is 5.75 Å². The highest BCUT2D eigenvalue weighted by atomic mass is 16.5. The predicted octanol–water partition coefficient (Wildman–Crippen LogP) is 5.54. The van der Waals surface area contributed by atoms with Crippen LogP contribution in [0.2, 0.25) is 0 Å². The Bertz CT molecular complexity index is 750. The Balaban J connectivity index is 1.73. The third kappa shape index (κ3) is 3.72. The summed E-state index contributed by atoms with van der Waals surface area (Å²) in [7, 11) is 1.69. The molecule has 0 fully saturated rings. The molecule has 0 amide bonds. The molecule has 2 nitrogen and oxygen atoms in total. The normalized spacial score (nSPS) is 11.7. The van der Waals surface area contributed by atoms with Crippen LogP contribution in [0.25, 0.3) is 11.1 Å². The summed E-state index contributed by atoms with van der Waals surface area (Å²) < 4.78 is 5.27. The standard InChI is InChI=1S/C21H21NO/c1-16(22-20-9-6-10-21(15-20)23-2)17-11-13-19(14-12-17)18-7-4-3-5-8-18/h3-16,22H,1-2H3/t16-/m0/s1. The van der Waals surface area contributed by atoms with Crippen LogP contribution in [0, 0.1) is 0 Å². The van der Waals surface area contributed by atoms with E-state index in [0.29, 0.717) is 0 Å². The summed E-state index contributed by atoms with van der Waals surface area (Å²) in [5.74, 6) is 0.863. The third-order valence-electron chi connectivity index (χ3n) is 3.97. The van der Waals surface area contributed by atoms with Crippen molar-refractivity contribution in [2.45, 2.75) is 13.0 Å². The van der Waals surface area contributed by atoms with Crippen LogP contribution in [0.15, 0.2) is 78.9 Å². The second kappa shape index (κ2) is 7.01. The zero-order valence-corrected chi connectivity index (χ0v) is 13.5. The monoisotopic (exact) mass is 303 g/mol. The zero-order chi connectivity index (χ0) is 16.1. The van der Waals surface area contributed by atoms with Gasteiger partial charge in [-0.1, -0.05) is 60.7 Å². The number of ether oxygens (including phenoxy) is 1. The fraction of sp³-hybridized carbons (Fsp3) is 0.143. The highest BCUT2D eigenvalue weighted by Gasteiger charge is 2.06. The molecule has 0 radical (unpaired) electrons. The first-order chi connectivity index (χ1) is 11.3. The van der Waals surface area contributed by atoms with E-state index in [0.717, 1.165) is 11.4 Å². The van der Waals surface area contributed by atoms with E-state index in [4.69, 9.17) is 4.74 Å². The van der Waals surface area contributed by atoms with Crippen molar-refractivity contribution in [1.29, 1.82) is 0 Å². The minimum atomic E-state index is 0.229. The SMILES string of the molecule is COc1cccc(N[C@@H](C)c2ccc(-c3ccccc3)cc2)c1. The maximum Gasteiger partial charge on any atom is 0.120 e. The Kier molecular flexibility index (Phi) is 4.62. The molecule has 116 valence electrons. The second-order valence-electron chi connectivity index (χ2n) is 5.59. The fourth-order valence-corrected chi connectivity index (χ4v) is 2.64. The van der Waals surface area contributed by atoms with E-state index in [2.05, 4.69) is 66.8 Å². The lowest BCUT2D eigenvalue weighted by Gasteiger charge is -2.17. The van der Waals surface area contributed by atoms with Gasteiger partial charge in [0, 0.05) is 17.8 Å². The summed E-state index contributed by atoms with van der Waals surface area (Å²) in [6.45, 7) is 2.16. The minimum Gasteiger partial charge on any atom is -0.497 e. The topological polar surface area (TPSA) is 21.3 Å². The molecule has 0 spiro atoms. The first kappa shape index (κ1) is 15.2. The lowest BCUT2D eigenvalue weighted by atomic mass is 10.0. The van der Waals surface area contributed by atoms with Gasteiger partial charge in [0.25, 0.3) is 0 Å². The predicted molar refractivity (Wildman–Crippen MR) is 96.9 cm³/mol. The van der Waals surface area contributed by atoms with E-state index in [-0.39, 0.29) is 6.04 Å². The van der Waals surface area contributed by atoms with E-state index >= 15 is 0 Å². The molecule has 0 heterocycles. The molecule has 1 atom stereocenters. The quantitative estimate of drug-likeness (QED) is 0.668. The van der Waals surface area contributed by atoms with Gasteiger partial charge >= 0.3 is 0 Å². The molecule has 0 saturated heterocycles. The molecular formula is C21H21NO. The van der Waals surface area contributed by atoms with Crippen molar-refractivity contribution in [1.82, 2.24) is 0 Å². The number of methoxy groups -OCH3 is 1. The van der Waals surface area contributed by atoms with Gasteiger partial charge in [-0.2, -0.15) is 0 Å². The van der Waals surface area contributed by atoms with Gasteiger partial charge in [-0.3, -0.25) is 0 Å². The van der Waals surface area contributed by atoms with Crippen LogP contribution in [-0.2, 0) is 0 Å². The van der Waals surface area contributed by atoms with Crippen molar-refractivity contribution < 1.29 is 4.74 Å². The van der Waals surface area contributed by atoms with Gasteiger partial charge in [0.2, 0.25) is 0 Å². The van der Waals surface area contributed by atoms with E-state index in [9.17, 15) is 0 Å². The molecule has 0 aliphatic heterocycles. The number of anilines is 1. The van der Waals surface area contributed by atoms with E-state index < -0.39 is 0 Å². The van der Waals surface area contributed by atoms with Gasteiger partial charge in [-0.15, -0.1) is 0 Å². The number of nitrogens with one attached hydrogen (secondary N) is 1. The lowest BCUT2D eigenvalue weighted by Crippen LogP contribution is -2.06. The van der Waals surface area contributed by atoms with Gasteiger partial charge in [-0.25, -0.2) is 0 Å². The van der Waals surface area contributed by atoms with E-state index in [1.807, 2.05) is 24.3 Å². The molecule has 23 heavy (non-hydrogen) atoms. The van der Waals surface area contributed by atoms with Crippen molar-refractivity contribution in [2.75, 3.05) is 12.4 Å². The summed E-state index contributed by atoms with van der Waals surface area (Å²) in [6.07, 6.45) is 0. The van der Waals surface area contributed by atoms with Gasteiger partial charge < -0.3 is 10.1 Å². The Morgan fingerprint density at radius 3 is 2.17 bits per heavy atom. The van der Waals surface area contributed by atoms with Gasteiger partial charge in [0.15, 0.2) is 0 Å². The van der Waals surface area contributed by atoms with Gasteiger partial charge in [0.05, 0.1) is 7.11 Å². The minimum absolute atomic E-state index is 0.229. The van der Waals surface area contributed by atoms with Crippen LogP contribution in [0.1, 0.15) is 18.5 Å². The summed E-state index contributed by atoms with van der Waals surface area (Å²) in [5, 5.41) is 3.51. The maximum absolute atomic E-state index is 5.27. The van der Waals surface area contributed by atoms with Crippen LogP contribution < -0.4 is 10.1 Å². The average Bonchev–Trinajstić information content (AvgIpc) is 2.63. The summed E-state index contributed by atoms with van der Waals surface area (Å²) in [5.41, 5.74) is 4.80. The van der Waals surface area contributed by atoms with Crippen LogP contribution in [-0.4, -0.2) is 7.11 Å². The highest BCUT2D eigenvalue weighted by Crippen LogP contribution is 2.25. The van der Waals surface area contributed by atoms with Crippen molar-refractivity contribution in [3.63, 3.8) is 0 Å². The van der Waals surface area contributed by atoms with Crippen LogP contribution >= 0.6 is 0 Å². The van der Waals surface area contributed by atoms with Crippen LogP contribution in [0.3, 0.4) is 0 Å². The van der Waals surface area contributed by atoms with Gasteiger partial charge in [-0.05, 0) is 35.7 Å². The molecule has 0 aliphatic rings. The molecule has 0 aliphatic carbocycles. The molecule has 0 bridgehead atoms. The summed E-state index contributed by atoms with van der Waals surface area (Å²) >= 11 is 0. The molecule has 3 aromatic carbocycles. The van der Waals surface area contributed by atoms with E-state index in [1.165, 1.54) is 16.7 Å². The van der Waals surface area contributed by atoms with Crippen molar-refractivity contribution >= 4 is 5.69 Å². The lowest BCUT2D eigenvalue weighted by molar-refractivity contribution is 0.415. The third-order valence-corrected chi connectivity index (χ3v) is 3.97. The fourth-order valence-electron chi connectivity index (χ4n) is 2.64. The highest BCUT2D eigenvalue weighted by molar-refractivity contribution is 5.63. The Hall–Kier alpha value is -2.74. The molecule has 0 unspecified atom stereocenters. The first-order valence-corrected chi connectivity index (χ1v) is 7.82. The molecule has 0 aromatic heterocycles. The number of hydrogen-bond donors (Lipinski definition) is 1. The molecule has 1 N–H and O–H groups in total. The molecule has 3 rings (SSSR count). The average molecular weight is 303 g/mol. The molecule has 2 heteroatoms. The second-order valence-corrected chi connectivity index (χ2v) is 5.59. The Labute approximate surface area is 137 Å². The number of rotatable bonds is 5. The number of benzene rings is 3. The van der Waals surface area contributed by atoms with Crippen molar-refractivity contribution in [3.05, 3.63) is 84.4 Å². The van der Waals surface area contributed by atoms with Crippen LogP contribution in [0.5, 0.6) is 5.75 Å². The summed E-state index contributed by atoms with van der Waals surface area (Å²) in [6, 6.07) is 27.4. The van der Waals surface area contributed by atoms with E-state index in [1.54, 1.807) is 7.11 Å². The van der Waals surface area contributed by atoms with Crippen molar-refractivity contribution in [3.8, 4) is 16.9 Å². The summed E-state index contributed by atoms with van der Waals surface area (Å²) in [4.78, 5) is 0. The maximum atomic E-state index is 5.27.